The smallest absolute Gasteiger partial charge is 0.326 e. The van der Waals surface area contributed by atoms with Crippen molar-refractivity contribution in [3.05, 3.63) is 29.8 Å². The molecule has 0 aliphatic rings. The summed E-state index contributed by atoms with van der Waals surface area (Å²) in [5, 5.41) is 41.8. The van der Waals surface area contributed by atoms with E-state index < -0.39 is 121 Å². The minimum Gasteiger partial charge on any atom is -0.508 e. The number of hydrogen-bond donors (Lipinski definition) is 16. The molecule has 0 bridgehead atoms. The van der Waals surface area contributed by atoms with E-state index in [9.17, 15) is 63.3 Å². The molecule has 1 rings (SSSR count). The highest BCUT2D eigenvalue weighted by Crippen LogP contribution is 2.11. The predicted molar refractivity (Wildman–Crippen MR) is 220 cm³/mol. The fourth-order valence-corrected chi connectivity index (χ4v) is 5.35. The van der Waals surface area contributed by atoms with Crippen molar-refractivity contribution < 1.29 is 63.3 Å². The van der Waals surface area contributed by atoms with Crippen LogP contribution in [0.25, 0.3) is 0 Å². The van der Waals surface area contributed by atoms with Crippen molar-refractivity contribution in [2.24, 2.45) is 50.1 Å². The molecule has 0 saturated carbocycles. The molecule has 348 valence electrons. The van der Waals surface area contributed by atoms with Gasteiger partial charge in [-0.3, -0.25) is 53.1 Å². The van der Waals surface area contributed by atoms with Gasteiger partial charge in [-0.25, -0.2) is 4.79 Å². The molecule has 6 atom stereocenters. The fourth-order valence-electron chi connectivity index (χ4n) is 5.35. The van der Waals surface area contributed by atoms with Gasteiger partial charge < -0.3 is 87.4 Å². The number of primary amides is 2. The molecule has 0 aromatic heterocycles. The van der Waals surface area contributed by atoms with E-state index in [1.54, 1.807) is 0 Å². The van der Waals surface area contributed by atoms with Crippen LogP contribution in [0, 0.1) is 0 Å². The van der Waals surface area contributed by atoms with Crippen molar-refractivity contribution in [1.82, 2.24) is 31.9 Å². The zero-order chi connectivity index (χ0) is 47.8. The first-order chi connectivity index (χ1) is 29.5. The molecule has 1 aromatic rings. The lowest BCUT2D eigenvalue weighted by Gasteiger charge is -2.26. The molecule has 0 aliphatic carbocycles. The van der Waals surface area contributed by atoms with Crippen LogP contribution in [0.2, 0.25) is 0 Å². The van der Waals surface area contributed by atoms with Gasteiger partial charge in [0.25, 0.3) is 0 Å². The number of aromatic hydroxyl groups is 1. The van der Waals surface area contributed by atoms with Gasteiger partial charge in [-0.05, 0) is 49.8 Å². The van der Waals surface area contributed by atoms with Gasteiger partial charge in [0.05, 0.1) is 31.8 Å². The number of phenols is 1. The molecule has 0 heterocycles. The van der Waals surface area contributed by atoms with Gasteiger partial charge in [-0.1, -0.05) is 12.1 Å². The van der Waals surface area contributed by atoms with Crippen LogP contribution in [-0.2, 0) is 54.4 Å². The first-order valence-corrected chi connectivity index (χ1v) is 18.9. The van der Waals surface area contributed by atoms with Crippen molar-refractivity contribution in [1.29, 1.82) is 0 Å². The Balaban J connectivity index is 3.29. The number of phenolic OH excluding ortho intramolecular Hbond substituents is 1. The molecular formula is C35H55N15O13. The number of nitrogens with one attached hydrogen (secondary N) is 6. The average molecular weight is 894 g/mol. The number of carbonyl (C=O) groups excluding carboxylic acids is 8. The lowest BCUT2D eigenvalue weighted by Crippen LogP contribution is -2.59. The van der Waals surface area contributed by atoms with E-state index in [4.69, 9.17) is 40.1 Å². The first kappa shape index (κ1) is 53.2. The molecule has 28 nitrogen and oxygen atoms in total. The fraction of sp³-hybridized carbons (Fsp3) is 0.486. The number of aliphatic imine (C=N–C) groups is 2. The van der Waals surface area contributed by atoms with E-state index in [0.29, 0.717) is 5.56 Å². The molecule has 0 aliphatic heterocycles. The van der Waals surface area contributed by atoms with E-state index >= 15 is 0 Å². The number of amides is 8. The summed E-state index contributed by atoms with van der Waals surface area (Å²) >= 11 is 0. The van der Waals surface area contributed by atoms with E-state index in [-0.39, 0.29) is 62.9 Å². The lowest BCUT2D eigenvalue weighted by molar-refractivity contribution is -0.143. The monoisotopic (exact) mass is 893 g/mol. The summed E-state index contributed by atoms with van der Waals surface area (Å²) in [7, 11) is 0. The molecule has 0 spiro atoms. The van der Waals surface area contributed by atoms with Crippen LogP contribution in [0.3, 0.4) is 0 Å². The third kappa shape index (κ3) is 22.4. The Morgan fingerprint density at radius 2 is 0.968 bits per heavy atom. The summed E-state index contributed by atoms with van der Waals surface area (Å²) in [6.45, 7) is -0.898. The summed E-state index contributed by atoms with van der Waals surface area (Å²) in [4.78, 5) is 134. The van der Waals surface area contributed by atoms with Crippen LogP contribution in [0.15, 0.2) is 34.3 Å². The topological polar surface area (TPSA) is 510 Å². The van der Waals surface area contributed by atoms with Gasteiger partial charge in [0.2, 0.25) is 47.3 Å². The number of guanidine groups is 2. The van der Waals surface area contributed by atoms with Gasteiger partial charge >= 0.3 is 11.9 Å². The quantitative estimate of drug-likeness (QED) is 0.0202. The molecule has 0 saturated heterocycles. The minimum absolute atomic E-state index is 0.0121. The van der Waals surface area contributed by atoms with Crippen LogP contribution < -0.4 is 72.0 Å². The number of nitrogens with two attached hydrogens (primary N) is 7. The highest BCUT2D eigenvalue weighted by atomic mass is 16.4. The van der Waals surface area contributed by atoms with Crippen molar-refractivity contribution in [3.63, 3.8) is 0 Å². The average Bonchev–Trinajstić information content (AvgIpc) is 3.18. The maximum atomic E-state index is 13.7. The van der Waals surface area contributed by atoms with E-state index in [1.807, 2.05) is 0 Å². The maximum Gasteiger partial charge on any atom is 0.326 e. The maximum absolute atomic E-state index is 13.7. The first-order valence-electron chi connectivity index (χ1n) is 18.9. The molecular weight excluding hydrogens is 838 g/mol. The summed E-state index contributed by atoms with van der Waals surface area (Å²) in [5.74, 6) is -12.6. The zero-order valence-corrected chi connectivity index (χ0v) is 33.9. The molecule has 0 fully saturated rings. The predicted octanol–water partition coefficient (Wildman–Crippen LogP) is -7.78. The Morgan fingerprint density at radius 3 is 1.40 bits per heavy atom. The number of carboxylic acids is 2. The summed E-state index contributed by atoms with van der Waals surface area (Å²) in [5.41, 5.74) is 38.3. The van der Waals surface area contributed by atoms with Crippen molar-refractivity contribution in [2.45, 2.75) is 87.6 Å². The van der Waals surface area contributed by atoms with E-state index in [1.165, 1.54) is 24.3 Å². The van der Waals surface area contributed by atoms with E-state index in [0.717, 1.165) is 0 Å². The summed E-state index contributed by atoms with van der Waals surface area (Å²) < 4.78 is 0. The van der Waals surface area contributed by atoms with Gasteiger partial charge in [0, 0.05) is 13.1 Å². The van der Waals surface area contributed by atoms with Crippen molar-refractivity contribution in [2.75, 3.05) is 19.6 Å². The number of rotatable bonds is 29. The van der Waals surface area contributed by atoms with Crippen LogP contribution in [0.5, 0.6) is 5.75 Å². The number of aliphatic carboxylic acids is 2. The molecule has 63 heavy (non-hydrogen) atoms. The largest absolute Gasteiger partial charge is 0.508 e. The van der Waals surface area contributed by atoms with Gasteiger partial charge in [-0.2, -0.15) is 0 Å². The highest BCUT2D eigenvalue weighted by Gasteiger charge is 2.34. The summed E-state index contributed by atoms with van der Waals surface area (Å²) in [6.07, 6.45) is -3.26. The Hall–Kier alpha value is -7.78. The van der Waals surface area contributed by atoms with Gasteiger partial charge in [0.15, 0.2) is 11.9 Å². The van der Waals surface area contributed by atoms with Gasteiger partial charge in [0.1, 0.15) is 36.0 Å². The number of carboxylic acid groups (broad SMARTS) is 2. The Morgan fingerprint density at radius 1 is 0.556 bits per heavy atom. The summed E-state index contributed by atoms with van der Waals surface area (Å²) in [6, 6.07) is -4.11. The normalized spacial score (nSPS) is 13.4. The molecule has 28 heteroatoms. The SMILES string of the molecule is NC(=O)C[C@H](NC(=O)[C@H](CCCN=C(N)N)NC(=O)[C@H](CCCN=C(N)N)NC(=O)[C@H](CC(=O)O)NC(=O)[C@H](CC(N)=O)NC(=O)CNC(=O)[C@@H](N)Cc1ccc(O)cc1)C(=O)O. The van der Waals surface area contributed by atoms with Crippen molar-refractivity contribution >= 4 is 71.1 Å². The second kappa shape index (κ2) is 27.1. The minimum atomic E-state index is -1.99. The zero-order valence-electron chi connectivity index (χ0n) is 33.9. The van der Waals surface area contributed by atoms with Crippen LogP contribution >= 0.6 is 0 Å². The molecule has 0 radical (unpaired) electrons. The molecule has 8 amide bonds. The Bertz CT molecular complexity index is 1870. The van der Waals surface area contributed by atoms with Crippen LogP contribution in [0.4, 0.5) is 0 Å². The third-order valence-electron chi connectivity index (χ3n) is 8.40. The standard InChI is InChI=1S/C35H55N15O13/c36-18(11-16-5-7-17(51)8-6-16)28(57)45-15-26(54)46-21(12-24(37)52)31(60)49-22(14-27(55)56)32(61)48-19(3-1-9-43-34(39)40)29(58)47-20(4-2-10-44-35(41)42)30(59)50-23(33(62)63)13-25(38)53/h5-8,18-23,51H,1-4,9-15,36H2,(H2,37,52)(H2,38,53)(H,45,57)(H,46,54)(H,47,58)(H,48,61)(H,49,60)(H,50,59)(H,55,56)(H,62,63)(H4,39,40,43)(H4,41,42,44)/t18-,19-,20-,21-,22-,23-/m0/s1. The Labute approximate surface area is 358 Å². The number of benzene rings is 1. The second-order valence-corrected chi connectivity index (χ2v) is 13.7. The number of hydrogen-bond acceptors (Lipinski definition) is 14. The number of nitrogens with zero attached hydrogens (tertiary/aromatic N) is 2. The van der Waals surface area contributed by atoms with E-state index in [2.05, 4.69) is 41.9 Å². The third-order valence-corrected chi connectivity index (χ3v) is 8.40. The second-order valence-electron chi connectivity index (χ2n) is 13.7. The number of carbonyl (C=O) groups is 10. The molecule has 1 aromatic carbocycles. The Kier molecular flexibility index (Phi) is 22.9. The molecule has 0 unspecified atom stereocenters. The van der Waals surface area contributed by atoms with Crippen LogP contribution in [0.1, 0.15) is 50.5 Å². The lowest BCUT2D eigenvalue weighted by atomic mass is 10.1. The van der Waals surface area contributed by atoms with Gasteiger partial charge in [-0.15, -0.1) is 0 Å². The highest BCUT2D eigenvalue weighted by molar-refractivity contribution is 5.99. The van der Waals surface area contributed by atoms with Crippen molar-refractivity contribution in [3.8, 4) is 5.75 Å². The van der Waals surface area contributed by atoms with Crippen LogP contribution in [-0.4, -0.2) is 142 Å². The molecule has 23 N–H and O–H groups in total.